The SMILES string of the molecule is CC(=O)[C@H](Cc1ccccc1)NC(=O)CSc1n[nH]c(=O)n1C[C@@H]1CCCO1. The van der Waals surface area contributed by atoms with Crippen molar-refractivity contribution >= 4 is 23.5 Å². The van der Waals surface area contributed by atoms with Crippen molar-refractivity contribution < 1.29 is 14.3 Å². The van der Waals surface area contributed by atoms with Crippen molar-refractivity contribution in [3.8, 4) is 0 Å². The van der Waals surface area contributed by atoms with Crippen LogP contribution in [0.3, 0.4) is 0 Å². The minimum absolute atomic E-state index is 0.00329. The maximum Gasteiger partial charge on any atom is 0.344 e. The van der Waals surface area contributed by atoms with E-state index in [0.29, 0.717) is 24.7 Å². The number of ether oxygens (including phenoxy) is 1. The molecule has 2 aromatic rings. The standard InChI is InChI=1S/C19H24N4O4S/c1-13(24)16(10-14-6-3-2-4-7-14)20-17(25)12-28-19-22-21-18(26)23(19)11-15-8-5-9-27-15/h2-4,6-7,15-16H,5,8-12H2,1H3,(H,20,25)(H,21,26)/t15-,16-/m0/s1. The van der Waals surface area contributed by atoms with Crippen LogP contribution in [0.15, 0.2) is 40.3 Å². The van der Waals surface area contributed by atoms with Gasteiger partial charge in [0.25, 0.3) is 0 Å². The van der Waals surface area contributed by atoms with E-state index in [1.54, 1.807) is 0 Å². The van der Waals surface area contributed by atoms with Crippen molar-refractivity contribution in [2.75, 3.05) is 12.4 Å². The molecule has 1 aromatic heterocycles. The highest BCUT2D eigenvalue weighted by Gasteiger charge is 2.21. The van der Waals surface area contributed by atoms with Gasteiger partial charge in [-0.05, 0) is 31.7 Å². The smallest absolute Gasteiger partial charge is 0.344 e. The zero-order chi connectivity index (χ0) is 19.9. The third-order valence-corrected chi connectivity index (χ3v) is 5.55. The Hall–Kier alpha value is -2.39. The molecule has 9 heteroatoms. The maximum absolute atomic E-state index is 12.3. The minimum Gasteiger partial charge on any atom is -0.376 e. The average molecular weight is 404 g/mol. The van der Waals surface area contributed by atoms with Crippen molar-refractivity contribution in [1.29, 1.82) is 0 Å². The molecule has 2 heterocycles. The molecule has 0 radical (unpaired) electrons. The third-order valence-electron chi connectivity index (χ3n) is 4.57. The first kappa shape index (κ1) is 20.3. The quantitative estimate of drug-likeness (QED) is 0.608. The van der Waals surface area contributed by atoms with Crippen LogP contribution in [0.5, 0.6) is 0 Å². The van der Waals surface area contributed by atoms with Crippen LogP contribution in [-0.4, -0.2) is 51.0 Å². The molecule has 1 aliphatic rings. The summed E-state index contributed by atoms with van der Waals surface area (Å²) < 4.78 is 7.07. The number of carbonyl (C=O) groups excluding carboxylic acids is 2. The lowest BCUT2D eigenvalue weighted by atomic mass is 10.0. The lowest BCUT2D eigenvalue weighted by Gasteiger charge is -2.16. The van der Waals surface area contributed by atoms with Gasteiger partial charge in [-0.1, -0.05) is 42.1 Å². The number of ketones is 1. The number of benzene rings is 1. The number of rotatable bonds is 9. The Morgan fingerprint density at radius 2 is 2.18 bits per heavy atom. The molecule has 28 heavy (non-hydrogen) atoms. The summed E-state index contributed by atoms with van der Waals surface area (Å²) in [6, 6.07) is 8.96. The first-order valence-corrected chi connectivity index (χ1v) is 10.2. The van der Waals surface area contributed by atoms with Crippen molar-refractivity contribution in [3.05, 3.63) is 46.4 Å². The monoisotopic (exact) mass is 404 g/mol. The van der Waals surface area contributed by atoms with Crippen molar-refractivity contribution in [1.82, 2.24) is 20.1 Å². The van der Waals surface area contributed by atoms with Gasteiger partial charge in [0.15, 0.2) is 10.9 Å². The van der Waals surface area contributed by atoms with E-state index in [-0.39, 0.29) is 29.2 Å². The van der Waals surface area contributed by atoms with E-state index in [0.717, 1.165) is 30.2 Å². The average Bonchev–Trinajstić information content (AvgIpc) is 3.31. The summed E-state index contributed by atoms with van der Waals surface area (Å²) in [4.78, 5) is 36.2. The van der Waals surface area contributed by atoms with E-state index in [1.165, 1.54) is 11.5 Å². The highest BCUT2D eigenvalue weighted by molar-refractivity contribution is 7.99. The van der Waals surface area contributed by atoms with Gasteiger partial charge in [-0.2, -0.15) is 0 Å². The number of carbonyl (C=O) groups is 2. The summed E-state index contributed by atoms with van der Waals surface area (Å²) in [7, 11) is 0. The van der Waals surface area contributed by atoms with Gasteiger partial charge in [0, 0.05) is 6.61 Å². The fourth-order valence-corrected chi connectivity index (χ4v) is 3.85. The van der Waals surface area contributed by atoms with Gasteiger partial charge in [0.2, 0.25) is 5.91 Å². The second kappa shape index (κ2) is 9.70. The van der Waals surface area contributed by atoms with E-state index in [1.807, 2.05) is 30.3 Å². The molecule has 0 bridgehead atoms. The Kier molecular flexibility index (Phi) is 7.05. The summed E-state index contributed by atoms with van der Waals surface area (Å²) in [5.74, 6) is -0.313. The molecule has 0 unspecified atom stereocenters. The number of hydrogen-bond donors (Lipinski definition) is 2. The number of H-pyrrole nitrogens is 1. The predicted octanol–water partition coefficient (Wildman–Crippen LogP) is 1.16. The molecule has 1 aliphatic heterocycles. The number of amides is 1. The highest BCUT2D eigenvalue weighted by atomic mass is 32.2. The zero-order valence-corrected chi connectivity index (χ0v) is 16.5. The summed E-state index contributed by atoms with van der Waals surface area (Å²) >= 11 is 1.16. The van der Waals surface area contributed by atoms with E-state index in [4.69, 9.17) is 4.74 Å². The van der Waals surface area contributed by atoms with E-state index in [2.05, 4.69) is 15.5 Å². The van der Waals surface area contributed by atoms with Gasteiger partial charge < -0.3 is 10.1 Å². The lowest BCUT2D eigenvalue weighted by molar-refractivity contribution is -0.125. The van der Waals surface area contributed by atoms with Crippen LogP contribution in [0.1, 0.15) is 25.3 Å². The number of nitrogens with zero attached hydrogens (tertiary/aromatic N) is 2. The number of aromatic amines is 1. The second-order valence-corrected chi connectivity index (χ2v) is 7.71. The van der Waals surface area contributed by atoms with E-state index >= 15 is 0 Å². The largest absolute Gasteiger partial charge is 0.376 e. The molecule has 0 saturated carbocycles. The lowest BCUT2D eigenvalue weighted by Crippen LogP contribution is -2.42. The van der Waals surface area contributed by atoms with Crippen LogP contribution in [0.4, 0.5) is 0 Å². The van der Waals surface area contributed by atoms with Crippen LogP contribution in [-0.2, 0) is 27.3 Å². The zero-order valence-electron chi connectivity index (χ0n) is 15.7. The molecule has 1 amide bonds. The first-order valence-electron chi connectivity index (χ1n) is 9.26. The van der Waals surface area contributed by atoms with Gasteiger partial charge in [0.1, 0.15) is 0 Å². The van der Waals surface area contributed by atoms with Crippen LogP contribution < -0.4 is 11.0 Å². The molecule has 0 spiro atoms. The van der Waals surface area contributed by atoms with Crippen LogP contribution in [0.2, 0.25) is 0 Å². The number of Topliss-reactive ketones (excluding diaryl/α,β-unsaturated/α-hetero) is 1. The third kappa shape index (κ3) is 5.56. The Labute approximate surface area is 167 Å². The van der Waals surface area contributed by atoms with Gasteiger partial charge >= 0.3 is 5.69 Å². The van der Waals surface area contributed by atoms with Crippen LogP contribution in [0.25, 0.3) is 0 Å². The van der Waals surface area contributed by atoms with Gasteiger partial charge in [-0.15, -0.1) is 5.10 Å². The minimum atomic E-state index is -0.580. The van der Waals surface area contributed by atoms with Gasteiger partial charge in [-0.25, -0.2) is 9.89 Å². The summed E-state index contributed by atoms with van der Waals surface area (Å²) in [5, 5.41) is 9.64. The Morgan fingerprint density at radius 3 is 2.86 bits per heavy atom. The first-order chi connectivity index (χ1) is 13.5. The van der Waals surface area contributed by atoms with Crippen LogP contribution in [0, 0.1) is 0 Å². The molecule has 1 aromatic carbocycles. The Bertz CT molecular complexity index is 858. The molecular weight excluding hydrogens is 380 g/mol. The molecule has 0 aliphatic carbocycles. The van der Waals surface area contributed by atoms with Crippen LogP contribution >= 0.6 is 11.8 Å². The summed E-state index contributed by atoms with van der Waals surface area (Å²) in [6.45, 7) is 2.59. The van der Waals surface area contributed by atoms with Gasteiger partial charge in [-0.3, -0.25) is 14.2 Å². The van der Waals surface area contributed by atoms with E-state index in [9.17, 15) is 14.4 Å². The Morgan fingerprint density at radius 1 is 1.39 bits per heavy atom. The molecular formula is C19H24N4O4S. The number of thioether (sulfide) groups is 1. The topological polar surface area (TPSA) is 106 Å². The molecule has 2 atom stereocenters. The fourth-order valence-electron chi connectivity index (χ4n) is 3.08. The molecule has 1 saturated heterocycles. The normalized spacial score (nSPS) is 17.4. The molecule has 8 nitrogen and oxygen atoms in total. The van der Waals surface area contributed by atoms with Crippen molar-refractivity contribution in [2.24, 2.45) is 0 Å². The van der Waals surface area contributed by atoms with Crippen molar-refractivity contribution in [2.45, 2.75) is 50.0 Å². The Balaban J connectivity index is 1.56. The number of hydrogen-bond acceptors (Lipinski definition) is 6. The molecule has 3 rings (SSSR count). The molecule has 2 N–H and O–H groups in total. The van der Waals surface area contributed by atoms with Gasteiger partial charge in [0.05, 0.1) is 24.4 Å². The second-order valence-electron chi connectivity index (χ2n) is 6.77. The highest BCUT2D eigenvalue weighted by Crippen LogP contribution is 2.18. The summed E-state index contributed by atoms with van der Waals surface area (Å²) in [5.41, 5.74) is 0.664. The molecule has 1 fully saturated rings. The number of aromatic nitrogens is 3. The fraction of sp³-hybridized carbons (Fsp3) is 0.474. The number of nitrogens with one attached hydrogen (secondary N) is 2. The van der Waals surface area contributed by atoms with E-state index < -0.39 is 6.04 Å². The maximum atomic E-state index is 12.3. The predicted molar refractivity (Wildman–Crippen MR) is 105 cm³/mol. The summed E-state index contributed by atoms with van der Waals surface area (Å²) in [6.07, 6.45) is 2.33. The molecule has 150 valence electrons. The van der Waals surface area contributed by atoms with Crippen molar-refractivity contribution in [3.63, 3.8) is 0 Å².